The van der Waals surface area contributed by atoms with Gasteiger partial charge in [-0.1, -0.05) is 18.2 Å². The standard InChI is InChI=1S/C32H31ClF5N5O2S/c1-4-25(44)41-10-17(3)42(11-16(41)2)29-20-7-21(32(36,37)38)26(19-8-22(33)24(35)9-23(19)34)28-27(20)43(30(45)39-29)14-31(15-46-28)12-40(13-31)18-5-6-18/h4,7-9,16-18H,1,5-6,10-15H2,2-3H3/t16-,17+/m1/s1. The van der Waals surface area contributed by atoms with Crippen LogP contribution < -0.4 is 10.6 Å². The number of alkyl halides is 3. The number of anilines is 1. The molecule has 1 aliphatic carbocycles. The zero-order chi connectivity index (χ0) is 32.9. The number of likely N-dealkylation sites (tertiary alicyclic amines) is 1. The van der Waals surface area contributed by atoms with E-state index in [0.717, 1.165) is 36.7 Å². The van der Waals surface area contributed by atoms with Gasteiger partial charge in [0.15, 0.2) is 0 Å². The SMILES string of the molecule is C=CC(=O)N1C[C@H](C)N(c2nc(=O)n3c4c(c(-c5cc(Cl)c(F)cc5F)c(C(F)(F)F)cc24)SCC2(CN(C4CC4)C2)C3)C[C@H]1C. The van der Waals surface area contributed by atoms with Crippen molar-refractivity contribution in [1.82, 2.24) is 19.4 Å². The van der Waals surface area contributed by atoms with Gasteiger partial charge in [-0.15, -0.1) is 11.8 Å². The van der Waals surface area contributed by atoms with Gasteiger partial charge in [0.05, 0.1) is 16.1 Å². The third-order valence-corrected chi connectivity index (χ3v) is 11.4. The quantitative estimate of drug-likeness (QED) is 0.186. The van der Waals surface area contributed by atoms with Crippen molar-refractivity contribution in [2.75, 3.05) is 36.8 Å². The van der Waals surface area contributed by atoms with Crippen LogP contribution in [0.25, 0.3) is 22.0 Å². The van der Waals surface area contributed by atoms with Gasteiger partial charge < -0.3 is 9.80 Å². The Morgan fingerprint density at radius 2 is 1.80 bits per heavy atom. The van der Waals surface area contributed by atoms with Crippen LogP contribution in [0.3, 0.4) is 0 Å². The fraction of sp³-hybridized carbons (Fsp3) is 0.469. The molecular formula is C32H31ClF5N5O2S. The van der Waals surface area contributed by atoms with Gasteiger partial charge in [0.1, 0.15) is 17.5 Å². The first kappa shape index (κ1) is 31.4. The van der Waals surface area contributed by atoms with Crippen LogP contribution in [0.4, 0.5) is 27.8 Å². The minimum absolute atomic E-state index is 0.0713. The summed E-state index contributed by atoms with van der Waals surface area (Å²) >= 11 is 7.17. The lowest BCUT2D eigenvalue weighted by Crippen LogP contribution is -2.60. The van der Waals surface area contributed by atoms with Crippen molar-refractivity contribution in [3.63, 3.8) is 0 Å². The van der Waals surface area contributed by atoms with Crippen molar-refractivity contribution in [3.05, 3.63) is 63.6 Å². The van der Waals surface area contributed by atoms with Crippen molar-refractivity contribution in [2.24, 2.45) is 5.41 Å². The molecule has 1 amide bonds. The second-order valence-electron chi connectivity index (χ2n) is 13.0. The first-order valence-electron chi connectivity index (χ1n) is 15.1. The van der Waals surface area contributed by atoms with E-state index in [0.29, 0.717) is 31.0 Å². The lowest BCUT2D eigenvalue weighted by atomic mass is 9.81. The highest BCUT2D eigenvalue weighted by atomic mass is 35.5. The second kappa shape index (κ2) is 10.9. The number of aromatic nitrogens is 2. The smallest absolute Gasteiger partial charge is 0.349 e. The van der Waals surface area contributed by atoms with E-state index in [1.165, 1.54) is 10.6 Å². The Kier molecular flexibility index (Phi) is 7.48. The molecular weight excluding hydrogens is 649 g/mol. The monoisotopic (exact) mass is 679 g/mol. The van der Waals surface area contributed by atoms with E-state index in [-0.39, 0.29) is 53.2 Å². The Labute approximate surface area is 271 Å². The van der Waals surface area contributed by atoms with Crippen LogP contribution in [0.15, 0.2) is 40.5 Å². The molecule has 4 aliphatic rings. The number of carbonyl (C=O) groups is 1. The second-order valence-corrected chi connectivity index (χ2v) is 14.4. The maximum atomic E-state index is 15.5. The number of piperazine rings is 1. The van der Waals surface area contributed by atoms with Crippen LogP contribution in [-0.2, 0) is 17.5 Å². The minimum Gasteiger partial charge on any atom is -0.349 e. The lowest BCUT2D eigenvalue weighted by Gasteiger charge is -2.50. The summed E-state index contributed by atoms with van der Waals surface area (Å²) in [4.78, 5) is 36.7. The summed E-state index contributed by atoms with van der Waals surface area (Å²) in [7, 11) is 0. The summed E-state index contributed by atoms with van der Waals surface area (Å²) in [5.41, 5.74) is -2.91. The molecule has 0 unspecified atom stereocenters. The van der Waals surface area contributed by atoms with Gasteiger partial charge in [-0.25, -0.2) is 13.6 Å². The van der Waals surface area contributed by atoms with Crippen molar-refractivity contribution >= 4 is 46.0 Å². The molecule has 7 rings (SSSR count). The largest absolute Gasteiger partial charge is 0.417 e. The predicted molar refractivity (Wildman–Crippen MR) is 167 cm³/mol. The molecule has 244 valence electrons. The molecule has 1 spiro atoms. The first-order chi connectivity index (χ1) is 21.7. The van der Waals surface area contributed by atoms with Crippen LogP contribution in [0.1, 0.15) is 32.3 Å². The molecule has 46 heavy (non-hydrogen) atoms. The fourth-order valence-corrected chi connectivity index (χ4v) is 8.87. The van der Waals surface area contributed by atoms with Crippen LogP contribution in [0.2, 0.25) is 5.02 Å². The van der Waals surface area contributed by atoms with Gasteiger partial charge in [-0.3, -0.25) is 14.3 Å². The summed E-state index contributed by atoms with van der Waals surface area (Å²) < 4.78 is 76.3. The van der Waals surface area contributed by atoms with Crippen LogP contribution in [-0.4, -0.2) is 75.3 Å². The Bertz CT molecular complexity index is 1860. The Morgan fingerprint density at radius 3 is 2.46 bits per heavy atom. The van der Waals surface area contributed by atoms with E-state index in [2.05, 4.69) is 16.5 Å². The predicted octanol–water partition coefficient (Wildman–Crippen LogP) is 6.20. The number of rotatable bonds is 4. The van der Waals surface area contributed by atoms with Crippen molar-refractivity contribution in [3.8, 4) is 11.1 Å². The molecule has 2 saturated heterocycles. The summed E-state index contributed by atoms with van der Waals surface area (Å²) in [5.74, 6) is -2.10. The van der Waals surface area contributed by atoms with Crippen molar-refractivity contribution in [2.45, 2.75) is 62.4 Å². The summed E-state index contributed by atoms with van der Waals surface area (Å²) in [5, 5.41) is -0.418. The molecule has 2 aromatic carbocycles. The minimum atomic E-state index is -4.96. The highest BCUT2D eigenvalue weighted by molar-refractivity contribution is 7.99. The van der Waals surface area contributed by atoms with Gasteiger partial charge in [0.25, 0.3) is 0 Å². The number of benzene rings is 2. The van der Waals surface area contributed by atoms with E-state index in [1.54, 1.807) is 9.80 Å². The van der Waals surface area contributed by atoms with E-state index in [4.69, 9.17) is 11.6 Å². The van der Waals surface area contributed by atoms with Crippen LogP contribution >= 0.6 is 23.4 Å². The first-order valence-corrected chi connectivity index (χ1v) is 16.5. The number of thioether (sulfide) groups is 1. The average molecular weight is 680 g/mol. The molecule has 1 aromatic heterocycles. The topological polar surface area (TPSA) is 61.7 Å². The molecule has 3 fully saturated rings. The third-order valence-electron chi connectivity index (χ3n) is 9.66. The van der Waals surface area contributed by atoms with E-state index >= 15 is 17.6 Å². The number of hydrogen-bond donors (Lipinski definition) is 0. The molecule has 4 heterocycles. The van der Waals surface area contributed by atoms with E-state index in [9.17, 15) is 14.0 Å². The summed E-state index contributed by atoms with van der Waals surface area (Å²) in [6, 6.07) is 2.01. The summed E-state index contributed by atoms with van der Waals surface area (Å²) in [6.07, 6.45) is -1.56. The molecule has 2 atom stereocenters. The zero-order valence-corrected chi connectivity index (χ0v) is 26.7. The van der Waals surface area contributed by atoms with Crippen molar-refractivity contribution < 1.29 is 26.7 Å². The molecule has 0 bridgehead atoms. The number of hydrogen-bond acceptors (Lipinski definition) is 6. The van der Waals surface area contributed by atoms with Gasteiger partial charge in [0, 0.05) is 89.5 Å². The highest BCUT2D eigenvalue weighted by Crippen LogP contribution is 2.53. The number of carbonyl (C=O) groups excluding carboxylic acids is 1. The summed E-state index contributed by atoms with van der Waals surface area (Å²) in [6.45, 7) is 9.24. The molecule has 14 heteroatoms. The molecule has 3 aromatic rings. The van der Waals surface area contributed by atoms with Gasteiger partial charge in [-0.05, 0) is 44.9 Å². The van der Waals surface area contributed by atoms with Crippen LogP contribution in [0.5, 0.6) is 0 Å². The van der Waals surface area contributed by atoms with E-state index < -0.39 is 56.7 Å². The average Bonchev–Trinajstić information content (AvgIpc) is 3.83. The van der Waals surface area contributed by atoms with Crippen molar-refractivity contribution in [1.29, 1.82) is 0 Å². The Balaban J connectivity index is 1.49. The maximum absolute atomic E-state index is 15.5. The zero-order valence-electron chi connectivity index (χ0n) is 25.1. The fourth-order valence-electron chi connectivity index (χ4n) is 7.26. The molecule has 1 saturated carbocycles. The lowest BCUT2D eigenvalue weighted by molar-refractivity contribution is -0.137. The molecule has 0 radical (unpaired) electrons. The third kappa shape index (κ3) is 5.09. The number of nitrogens with zero attached hydrogens (tertiary/aromatic N) is 5. The number of halogens is 6. The molecule has 3 aliphatic heterocycles. The van der Waals surface area contributed by atoms with Gasteiger partial charge in [0.2, 0.25) is 5.91 Å². The highest BCUT2D eigenvalue weighted by Gasteiger charge is 2.50. The Hall–Kier alpha value is -3.16. The Morgan fingerprint density at radius 1 is 1.09 bits per heavy atom. The van der Waals surface area contributed by atoms with E-state index in [1.807, 2.05) is 13.8 Å². The van der Waals surface area contributed by atoms with Gasteiger partial charge >= 0.3 is 11.9 Å². The normalized spacial score (nSPS) is 23.0. The molecule has 7 nitrogen and oxygen atoms in total. The number of amides is 1. The molecule has 0 N–H and O–H groups in total. The van der Waals surface area contributed by atoms with Crippen LogP contribution in [0, 0.1) is 17.0 Å². The maximum Gasteiger partial charge on any atom is 0.417 e. The van der Waals surface area contributed by atoms with Gasteiger partial charge in [-0.2, -0.15) is 18.2 Å².